The molecule has 1 aliphatic carbocycles. The van der Waals surface area contributed by atoms with Gasteiger partial charge in [-0.2, -0.15) is 31.4 Å². The first-order valence-corrected chi connectivity index (χ1v) is 20.8. The Balaban J connectivity index is 1.29. The largest absolute Gasteiger partial charge is 0.478 e. The van der Waals surface area contributed by atoms with Gasteiger partial charge in [0.25, 0.3) is 0 Å². The van der Waals surface area contributed by atoms with Gasteiger partial charge < -0.3 is 35.4 Å². The van der Waals surface area contributed by atoms with Crippen molar-refractivity contribution in [2.45, 2.75) is 88.7 Å². The molecule has 0 saturated heterocycles. The Morgan fingerprint density at radius 1 is 0.908 bits per heavy atom. The molecule has 0 spiro atoms. The smallest absolute Gasteiger partial charge is 0.411 e. The summed E-state index contributed by atoms with van der Waals surface area (Å²) in [6.07, 6.45) is 4.34. The van der Waals surface area contributed by atoms with Gasteiger partial charge >= 0.3 is 29.8 Å². The average molecular weight is 919 g/mol. The van der Waals surface area contributed by atoms with Crippen molar-refractivity contribution >= 4 is 29.6 Å². The number of hydrogen-bond donors (Lipinski definition) is 5. The molecular weight excluding hydrogens is 867 g/mol. The number of aromatic amines is 1. The summed E-state index contributed by atoms with van der Waals surface area (Å²) in [5.41, 5.74) is 1.72. The van der Waals surface area contributed by atoms with Crippen LogP contribution in [0, 0.1) is 11.8 Å². The summed E-state index contributed by atoms with van der Waals surface area (Å²) in [5.74, 6) is -25.2. The van der Waals surface area contributed by atoms with Gasteiger partial charge in [-0.25, -0.2) is 19.6 Å². The van der Waals surface area contributed by atoms with Crippen molar-refractivity contribution in [1.82, 2.24) is 35.7 Å². The number of hydrogen-bond acceptors (Lipinski definition) is 10. The molecule has 1 atom stereocenters. The Bertz CT molecular complexity index is 2260. The summed E-state index contributed by atoms with van der Waals surface area (Å²) >= 11 is 0. The van der Waals surface area contributed by atoms with Crippen molar-refractivity contribution in [3.63, 3.8) is 0 Å². The van der Waals surface area contributed by atoms with Crippen molar-refractivity contribution in [1.29, 1.82) is 0 Å². The number of rotatable bonds is 19. The zero-order valence-electron chi connectivity index (χ0n) is 36.4. The number of carbonyl (C=O) groups is 4. The molecule has 0 radical (unpaired) electrons. The minimum Gasteiger partial charge on any atom is -0.478 e. The third-order valence-corrected chi connectivity index (χ3v) is 10.5. The van der Waals surface area contributed by atoms with E-state index in [4.69, 9.17) is 14.6 Å². The monoisotopic (exact) mass is 918 g/mol. The fraction of sp³-hybridized carbons (Fsp3) is 0.477. The summed E-state index contributed by atoms with van der Waals surface area (Å²) in [7, 11) is 3.96. The quantitative estimate of drug-likeness (QED) is 0.0467. The van der Waals surface area contributed by atoms with Crippen LogP contribution in [0.5, 0.6) is 5.88 Å². The minimum absolute atomic E-state index is 0.0544. The van der Waals surface area contributed by atoms with Gasteiger partial charge in [-0.05, 0) is 114 Å². The van der Waals surface area contributed by atoms with Crippen molar-refractivity contribution in [3.05, 3.63) is 78.2 Å². The number of ether oxygens (including phenoxy) is 2. The van der Waals surface area contributed by atoms with E-state index in [1.54, 1.807) is 39.1 Å². The molecule has 5 rings (SSSR count). The van der Waals surface area contributed by atoms with E-state index >= 15 is 0 Å². The Morgan fingerprint density at radius 2 is 1.58 bits per heavy atom. The molecule has 1 aliphatic rings. The van der Waals surface area contributed by atoms with Gasteiger partial charge in [0.2, 0.25) is 23.5 Å². The predicted octanol–water partition coefficient (Wildman–Crippen LogP) is 7.31. The van der Waals surface area contributed by atoms with Gasteiger partial charge in [0, 0.05) is 54.5 Å². The maximum atomic E-state index is 14.5. The molecular formula is C44H52F6N8O7. The SMILES string of the molecule is CN(C)CCCOc1ccc(-c2cccc(C[C@H](NC(=O)C3CCC(CNC(=O)OC(C)(C)C)CC3)C(=O)Nc3ccc(-c4n[nH]c(C(F)(F)C(F)(F)C(F)(F)C(=O)O)n4)cc3)c2)cn1. The van der Waals surface area contributed by atoms with Gasteiger partial charge in [0.1, 0.15) is 11.6 Å². The second-order valence-corrected chi connectivity index (χ2v) is 17.1. The number of amides is 3. The summed E-state index contributed by atoms with van der Waals surface area (Å²) < 4.78 is 95.6. The molecule has 352 valence electrons. The molecule has 3 amide bonds. The number of benzene rings is 2. The van der Waals surface area contributed by atoms with Crippen molar-refractivity contribution in [3.8, 4) is 28.4 Å². The zero-order chi connectivity index (χ0) is 47.7. The maximum absolute atomic E-state index is 14.5. The molecule has 21 heteroatoms. The van der Waals surface area contributed by atoms with Gasteiger partial charge in [-0.3, -0.25) is 14.7 Å². The van der Waals surface area contributed by atoms with Crippen LogP contribution in [0.1, 0.15) is 64.3 Å². The number of aromatic nitrogens is 4. The summed E-state index contributed by atoms with van der Waals surface area (Å²) in [6, 6.07) is 14.9. The maximum Gasteiger partial charge on any atom is 0.411 e. The lowest BCUT2D eigenvalue weighted by Gasteiger charge is -2.29. The topological polar surface area (TPSA) is 201 Å². The number of halogens is 6. The van der Waals surface area contributed by atoms with Crippen LogP contribution in [-0.4, -0.2) is 111 Å². The highest BCUT2D eigenvalue weighted by atomic mass is 19.3. The molecule has 65 heavy (non-hydrogen) atoms. The summed E-state index contributed by atoms with van der Waals surface area (Å²) in [4.78, 5) is 60.3. The number of aliphatic carboxylic acids is 1. The Hall–Kier alpha value is -6.25. The van der Waals surface area contributed by atoms with Crippen LogP contribution < -0.4 is 20.7 Å². The average Bonchev–Trinajstić information content (AvgIpc) is 3.76. The van der Waals surface area contributed by atoms with Crippen molar-refractivity contribution < 1.29 is 60.1 Å². The first-order valence-electron chi connectivity index (χ1n) is 20.8. The second-order valence-electron chi connectivity index (χ2n) is 17.1. The fourth-order valence-corrected chi connectivity index (χ4v) is 6.92. The van der Waals surface area contributed by atoms with E-state index in [2.05, 4.69) is 35.9 Å². The van der Waals surface area contributed by atoms with Gasteiger partial charge in [0.15, 0.2) is 5.82 Å². The number of pyridine rings is 1. The van der Waals surface area contributed by atoms with Crippen LogP contribution in [-0.2, 0) is 31.5 Å². The summed E-state index contributed by atoms with van der Waals surface area (Å²) in [6.45, 7) is 7.05. The molecule has 0 bridgehead atoms. The first-order chi connectivity index (χ1) is 30.5. The molecule has 0 unspecified atom stereocenters. The number of carboxylic acid groups (broad SMARTS) is 1. The lowest BCUT2D eigenvalue weighted by molar-refractivity contribution is -0.311. The van der Waals surface area contributed by atoms with Crippen molar-refractivity contribution in [2.75, 3.05) is 39.1 Å². The number of alkyl halides is 6. The third kappa shape index (κ3) is 12.9. The number of carbonyl (C=O) groups excluding carboxylic acids is 3. The molecule has 2 aromatic heterocycles. The van der Waals surface area contributed by atoms with Crippen LogP contribution in [0.4, 0.5) is 36.8 Å². The Kier molecular flexibility index (Phi) is 15.9. The van der Waals surface area contributed by atoms with E-state index in [1.807, 2.05) is 38.4 Å². The molecule has 1 saturated carbocycles. The van der Waals surface area contributed by atoms with Gasteiger partial charge in [-0.1, -0.05) is 24.3 Å². The number of alkyl carbamates (subject to hydrolysis) is 1. The molecule has 1 fully saturated rings. The molecule has 0 aliphatic heterocycles. The highest BCUT2D eigenvalue weighted by Gasteiger charge is 2.77. The molecule has 4 aromatic rings. The fourth-order valence-electron chi connectivity index (χ4n) is 6.92. The third-order valence-electron chi connectivity index (χ3n) is 10.5. The molecule has 15 nitrogen and oxygen atoms in total. The van der Waals surface area contributed by atoms with Crippen molar-refractivity contribution in [2.24, 2.45) is 11.8 Å². The van der Waals surface area contributed by atoms with E-state index in [1.165, 1.54) is 29.4 Å². The highest BCUT2D eigenvalue weighted by Crippen LogP contribution is 2.50. The van der Waals surface area contributed by atoms with Gasteiger partial charge in [0.05, 0.1) is 6.61 Å². The lowest BCUT2D eigenvalue weighted by atomic mass is 9.81. The first kappa shape index (κ1) is 49.8. The van der Waals surface area contributed by atoms with Gasteiger partial charge in [-0.15, -0.1) is 0 Å². The van der Waals surface area contributed by atoms with E-state index in [0.717, 1.165) is 24.1 Å². The number of H-pyrrole nitrogens is 1. The van der Waals surface area contributed by atoms with E-state index in [9.17, 15) is 45.5 Å². The van der Waals surface area contributed by atoms with Crippen LogP contribution in [0.3, 0.4) is 0 Å². The van der Waals surface area contributed by atoms with E-state index in [0.29, 0.717) is 50.3 Å². The number of anilines is 1. The summed E-state index contributed by atoms with van der Waals surface area (Å²) in [5, 5.41) is 21.8. The second kappa shape index (κ2) is 20.7. The zero-order valence-corrected chi connectivity index (χ0v) is 36.4. The number of nitrogens with zero attached hydrogens (tertiary/aromatic N) is 4. The predicted molar refractivity (Wildman–Crippen MR) is 226 cm³/mol. The number of nitrogens with one attached hydrogen (secondary N) is 4. The van der Waals surface area contributed by atoms with Crippen LogP contribution in [0.15, 0.2) is 66.9 Å². The van der Waals surface area contributed by atoms with Crippen LogP contribution in [0.25, 0.3) is 22.5 Å². The van der Waals surface area contributed by atoms with Crippen LogP contribution in [0.2, 0.25) is 0 Å². The van der Waals surface area contributed by atoms with E-state index < -0.39 is 64.9 Å². The number of carboxylic acids is 1. The standard InChI is InChI=1S/C44H52F6N8O7/c1-41(2,3)65-40(63)52-24-26-10-12-29(13-11-26)36(59)54-33(23-27-8-6-9-30(22-27)31-16-19-34(51-25-31)64-21-7-20-58(4)5)37(60)53-32-17-14-28(15-18-32)35-55-38(57-56-35)42(45,46)44(49,50)43(47,48)39(61)62/h6,8-9,14-19,22,25-26,29,33H,7,10-13,20-21,23-24H2,1-5H3,(H,52,63)(H,53,60)(H,54,59)(H,61,62)(H,55,56,57)/t26?,29?,33-/m0/s1. The normalized spacial score (nSPS) is 16.4. The van der Waals surface area contributed by atoms with Crippen LogP contribution >= 0.6 is 0 Å². The lowest BCUT2D eigenvalue weighted by Crippen LogP contribution is -2.56. The highest BCUT2D eigenvalue weighted by molar-refractivity contribution is 5.98. The molecule has 5 N–H and O–H groups in total. The molecule has 2 aromatic carbocycles. The van der Waals surface area contributed by atoms with E-state index in [-0.39, 0.29) is 29.5 Å². The molecule has 2 heterocycles. The minimum atomic E-state index is -6.38. The Morgan fingerprint density at radius 3 is 2.20 bits per heavy atom. The Labute approximate surface area is 371 Å².